The van der Waals surface area contributed by atoms with E-state index < -0.39 is 5.60 Å². The number of hydrogen-bond donors (Lipinski definition) is 1. The standard InChI is InChI=1S/C20H34O/c1-5-6-7-8-9-10-11-12-13-20(4,21)19-15-17(2)14-18(3)16-19/h14-16,21H,5-13H2,1-4H3. The number of unbranched alkanes of at least 4 members (excludes halogenated alkanes) is 7. The maximum absolute atomic E-state index is 10.7. The molecular weight excluding hydrogens is 256 g/mol. The van der Waals surface area contributed by atoms with Crippen molar-refractivity contribution in [2.24, 2.45) is 0 Å². The zero-order chi connectivity index (χ0) is 15.7. The zero-order valence-electron chi connectivity index (χ0n) is 14.5. The second kappa shape index (κ2) is 9.25. The Bertz CT molecular complexity index is 386. The Morgan fingerprint density at radius 2 is 1.29 bits per heavy atom. The second-order valence-corrected chi connectivity index (χ2v) is 6.88. The molecule has 120 valence electrons. The highest BCUT2D eigenvalue weighted by molar-refractivity contribution is 5.32. The fourth-order valence-corrected chi connectivity index (χ4v) is 3.03. The molecule has 0 aliphatic carbocycles. The Labute approximate surface area is 131 Å². The van der Waals surface area contributed by atoms with Gasteiger partial charge in [-0.3, -0.25) is 0 Å². The Hall–Kier alpha value is -0.820. The molecule has 0 heterocycles. The molecule has 1 aromatic carbocycles. The van der Waals surface area contributed by atoms with E-state index in [4.69, 9.17) is 0 Å². The van der Waals surface area contributed by atoms with Crippen molar-refractivity contribution in [2.75, 3.05) is 0 Å². The van der Waals surface area contributed by atoms with Crippen molar-refractivity contribution in [1.82, 2.24) is 0 Å². The van der Waals surface area contributed by atoms with Gasteiger partial charge in [0, 0.05) is 0 Å². The minimum atomic E-state index is -0.682. The summed E-state index contributed by atoms with van der Waals surface area (Å²) in [5.74, 6) is 0. The quantitative estimate of drug-likeness (QED) is 0.521. The van der Waals surface area contributed by atoms with Crippen LogP contribution in [0, 0.1) is 13.8 Å². The van der Waals surface area contributed by atoms with E-state index in [1.807, 2.05) is 6.92 Å². The van der Waals surface area contributed by atoms with Gasteiger partial charge in [-0.05, 0) is 32.8 Å². The first kappa shape index (κ1) is 18.2. The first-order chi connectivity index (χ1) is 9.95. The SMILES string of the molecule is CCCCCCCCCCC(C)(O)c1cc(C)cc(C)c1. The molecule has 1 N–H and O–H groups in total. The molecule has 0 spiro atoms. The summed E-state index contributed by atoms with van der Waals surface area (Å²) < 4.78 is 0. The van der Waals surface area contributed by atoms with E-state index in [9.17, 15) is 5.11 Å². The molecule has 0 aliphatic rings. The molecule has 0 saturated heterocycles. The van der Waals surface area contributed by atoms with E-state index in [-0.39, 0.29) is 0 Å². The van der Waals surface area contributed by atoms with Crippen LogP contribution < -0.4 is 0 Å². The summed E-state index contributed by atoms with van der Waals surface area (Å²) in [6.45, 7) is 8.42. The molecule has 0 bridgehead atoms. The van der Waals surface area contributed by atoms with E-state index in [0.717, 1.165) is 18.4 Å². The maximum Gasteiger partial charge on any atom is 0.0868 e. The number of aryl methyl sites for hydroxylation is 2. The third kappa shape index (κ3) is 7.13. The molecule has 0 fully saturated rings. The predicted molar refractivity (Wildman–Crippen MR) is 92.7 cm³/mol. The summed E-state index contributed by atoms with van der Waals surface area (Å²) >= 11 is 0. The highest BCUT2D eigenvalue weighted by atomic mass is 16.3. The molecule has 1 atom stereocenters. The van der Waals surface area contributed by atoms with Crippen molar-refractivity contribution >= 4 is 0 Å². The first-order valence-corrected chi connectivity index (χ1v) is 8.77. The minimum absolute atomic E-state index is 0.682. The molecule has 1 unspecified atom stereocenters. The van der Waals surface area contributed by atoms with Crippen LogP contribution in [0.25, 0.3) is 0 Å². The smallest absolute Gasteiger partial charge is 0.0868 e. The van der Waals surface area contributed by atoms with Crippen LogP contribution in [0.2, 0.25) is 0 Å². The van der Waals surface area contributed by atoms with Crippen molar-refractivity contribution in [3.63, 3.8) is 0 Å². The van der Waals surface area contributed by atoms with Crippen LogP contribution >= 0.6 is 0 Å². The van der Waals surface area contributed by atoms with E-state index >= 15 is 0 Å². The Morgan fingerprint density at radius 1 is 0.810 bits per heavy atom. The van der Waals surface area contributed by atoms with Crippen LogP contribution in [-0.4, -0.2) is 5.11 Å². The van der Waals surface area contributed by atoms with E-state index in [1.165, 1.54) is 56.1 Å². The lowest BCUT2D eigenvalue weighted by molar-refractivity contribution is 0.0447. The third-order valence-corrected chi connectivity index (χ3v) is 4.36. The topological polar surface area (TPSA) is 20.2 Å². The first-order valence-electron chi connectivity index (χ1n) is 8.77. The molecule has 0 saturated carbocycles. The Kier molecular flexibility index (Phi) is 8.03. The summed E-state index contributed by atoms with van der Waals surface area (Å²) in [4.78, 5) is 0. The van der Waals surface area contributed by atoms with E-state index in [0.29, 0.717) is 0 Å². The Morgan fingerprint density at radius 3 is 1.81 bits per heavy atom. The molecule has 0 amide bonds. The summed E-state index contributed by atoms with van der Waals surface area (Å²) in [6.07, 6.45) is 11.3. The summed E-state index contributed by atoms with van der Waals surface area (Å²) in [7, 11) is 0. The van der Waals surface area contributed by atoms with Crippen LogP contribution in [0.5, 0.6) is 0 Å². The fraction of sp³-hybridized carbons (Fsp3) is 0.700. The molecule has 0 radical (unpaired) electrons. The predicted octanol–water partition coefficient (Wildman–Crippen LogP) is 6.04. The molecule has 0 aliphatic heterocycles. The normalized spacial score (nSPS) is 14.1. The van der Waals surface area contributed by atoms with Crippen molar-refractivity contribution in [2.45, 2.75) is 91.1 Å². The van der Waals surface area contributed by atoms with Crippen LogP contribution in [0.15, 0.2) is 18.2 Å². The summed E-state index contributed by atoms with van der Waals surface area (Å²) in [6, 6.07) is 6.41. The number of aliphatic hydroxyl groups is 1. The summed E-state index contributed by atoms with van der Waals surface area (Å²) in [5, 5.41) is 10.7. The number of benzene rings is 1. The van der Waals surface area contributed by atoms with Crippen molar-refractivity contribution in [3.8, 4) is 0 Å². The number of hydrogen-bond acceptors (Lipinski definition) is 1. The second-order valence-electron chi connectivity index (χ2n) is 6.88. The molecular formula is C20H34O. The fourth-order valence-electron chi connectivity index (χ4n) is 3.03. The van der Waals surface area contributed by atoms with E-state index in [1.54, 1.807) is 0 Å². The van der Waals surface area contributed by atoms with Gasteiger partial charge in [-0.15, -0.1) is 0 Å². The molecule has 1 heteroatoms. The summed E-state index contributed by atoms with van der Waals surface area (Å²) in [5.41, 5.74) is 2.87. The van der Waals surface area contributed by atoms with Gasteiger partial charge in [-0.1, -0.05) is 87.6 Å². The zero-order valence-corrected chi connectivity index (χ0v) is 14.5. The lowest BCUT2D eigenvalue weighted by Gasteiger charge is -2.25. The van der Waals surface area contributed by atoms with Crippen molar-refractivity contribution in [1.29, 1.82) is 0 Å². The largest absolute Gasteiger partial charge is 0.385 e. The van der Waals surface area contributed by atoms with Gasteiger partial charge in [-0.25, -0.2) is 0 Å². The molecule has 1 rings (SSSR count). The average molecular weight is 290 g/mol. The molecule has 1 aromatic rings. The lowest BCUT2D eigenvalue weighted by Crippen LogP contribution is -2.21. The van der Waals surface area contributed by atoms with Crippen molar-refractivity contribution < 1.29 is 5.11 Å². The van der Waals surface area contributed by atoms with Gasteiger partial charge in [0.05, 0.1) is 5.60 Å². The van der Waals surface area contributed by atoms with Gasteiger partial charge in [0.15, 0.2) is 0 Å². The van der Waals surface area contributed by atoms with Gasteiger partial charge in [0.25, 0.3) is 0 Å². The van der Waals surface area contributed by atoms with Crippen molar-refractivity contribution in [3.05, 3.63) is 34.9 Å². The average Bonchev–Trinajstić information content (AvgIpc) is 2.40. The van der Waals surface area contributed by atoms with Gasteiger partial charge < -0.3 is 5.11 Å². The molecule has 1 nitrogen and oxygen atoms in total. The third-order valence-electron chi connectivity index (χ3n) is 4.36. The minimum Gasteiger partial charge on any atom is -0.385 e. The van der Waals surface area contributed by atoms with Crippen LogP contribution in [0.1, 0.15) is 88.3 Å². The van der Waals surface area contributed by atoms with E-state index in [2.05, 4.69) is 39.0 Å². The maximum atomic E-state index is 10.7. The monoisotopic (exact) mass is 290 g/mol. The molecule has 21 heavy (non-hydrogen) atoms. The van der Waals surface area contributed by atoms with Gasteiger partial charge >= 0.3 is 0 Å². The van der Waals surface area contributed by atoms with Crippen LogP contribution in [-0.2, 0) is 5.60 Å². The number of rotatable bonds is 10. The Balaban J connectivity index is 2.29. The van der Waals surface area contributed by atoms with Gasteiger partial charge in [0.2, 0.25) is 0 Å². The van der Waals surface area contributed by atoms with Crippen LogP contribution in [0.3, 0.4) is 0 Å². The molecule has 0 aromatic heterocycles. The van der Waals surface area contributed by atoms with Crippen LogP contribution in [0.4, 0.5) is 0 Å². The van der Waals surface area contributed by atoms with Gasteiger partial charge in [-0.2, -0.15) is 0 Å². The highest BCUT2D eigenvalue weighted by Crippen LogP contribution is 2.28. The van der Waals surface area contributed by atoms with Gasteiger partial charge in [0.1, 0.15) is 0 Å². The lowest BCUT2D eigenvalue weighted by atomic mass is 9.88. The highest BCUT2D eigenvalue weighted by Gasteiger charge is 2.22.